The molecule has 0 aliphatic rings. The molecule has 3 rings (SSSR count). The highest BCUT2D eigenvalue weighted by Gasteiger charge is 2.13. The zero-order chi connectivity index (χ0) is 21.5. The Bertz CT molecular complexity index is 1010. The van der Waals surface area contributed by atoms with Crippen molar-refractivity contribution >= 4 is 33.7 Å². The van der Waals surface area contributed by atoms with Crippen LogP contribution in [0, 0.1) is 0 Å². The zero-order valence-electron chi connectivity index (χ0n) is 16.8. The van der Waals surface area contributed by atoms with Gasteiger partial charge in [0.2, 0.25) is 0 Å². The van der Waals surface area contributed by atoms with Gasteiger partial charge in [0, 0.05) is 64.5 Å². The maximum atomic E-state index is 12.4. The van der Waals surface area contributed by atoms with Crippen LogP contribution in [0.4, 0.5) is 5.69 Å². The molecule has 0 fully saturated rings. The third-order valence-corrected chi connectivity index (χ3v) is 5.60. The summed E-state index contributed by atoms with van der Waals surface area (Å²) in [5.74, 6) is 1.27. The van der Waals surface area contributed by atoms with Gasteiger partial charge in [0.15, 0.2) is 5.01 Å². The predicted octanol–water partition coefficient (Wildman–Crippen LogP) is 4.34. The molecule has 1 amide bonds. The van der Waals surface area contributed by atoms with Gasteiger partial charge < -0.3 is 19.5 Å². The molecular weight excluding hydrogens is 424 g/mol. The van der Waals surface area contributed by atoms with Gasteiger partial charge in [-0.15, -0.1) is 11.3 Å². The second-order valence-corrected chi connectivity index (χ2v) is 8.67. The standard InChI is InChI=1S/C21H22N2O5S2/c1-14(13-26-2)27-17-10-15(23-20(24)21-22-8-9-29-21)11-18(12-17)28-16-4-6-19(7-5-16)30(3)25/h4-12,14H,13H2,1-3H3,(H,23,24)/t14-,30?/m0/s1. The van der Waals surface area contributed by atoms with E-state index in [9.17, 15) is 9.00 Å². The molecule has 0 bridgehead atoms. The van der Waals surface area contributed by atoms with E-state index in [1.807, 2.05) is 6.92 Å². The minimum atomic E-state index is -1.06. The monoisotopic (exact) mass is 446 g/mol. The molecule has 0 radical (unpaired) electrons. The van der Waals surface area contributed by atoms with Crippen molar-refractivity contribution in [3.63, 3.8) is 0 Å². The average molecular weight is 447 g/mol. The highest BCUT2D eigenvalue weighted by molar-refractivity contribution is 7.84. The smallest absolute Gasteiger partial charge is 0.284 e. The van der Waals surface area contributed by atoms with Crippen LogP contribution in [0.1, 0.15) is 16.7 Å². The van der Waals surface area contributed by atoms with Gasteiger partial charge in [-0.05, 0) is 31.2 Å². The quantitative estimate of drug-likeness (QED) is 0.526. The van der Waals surface area contributed by atoms with Crippen LogP contribution in [0.2, 0.25) is 0 Å². The molecule has 1 unspecified atom stereocenters. The Balaban J connectivity index is 1.84. The van der Waals surface area contributed by atoms with Crippen LogP contribution in [-0.4, -0.2) is 41.2 Å². The van der Waals surface area contributed by atoms with Gasteiger partial charge in [-0.1, -0.05) is 0 Å². The maximum absolute atomic E-state index is 12.4. The summed E-state index contributed by atoms with van der Waals surface area (Å²) in [5, 5.41) is 4.92. The topological polar surface area (TPSA) is 86.8 Å². The van der Waals surface area contributed by atoms with Gasteiger partial charge in [0.25, 0.3) is 5.91 Å². The number of amides is 1. The fourth-order valence-electron chi connectivity index (χ4n) is 2.63. The summed E-state index contributed by atoms with van der Waals surface area (Å²) in [4.78, 5) is 17.1. The number of ether oxygens (including phenoxy) is 3. The molecule has 7 nitrogen and oxygen atoms in total. The van der Waals surface area contributed by atoms with Gasteiger partial charge in [-0.3, -0.25) is 9.00 Å². The summed E-state index contributed by atoms with van der Waals surface area (Å²) in [5.41, 5.74) is 0.513. The Morgan fingerprint density at radius 1 is 1.17 bits per heavy atom. The predicted molar refractivity (Wildman–Crippen MR) is 117 cm³/mol. The molecular formula is C21H22N2O5S2. The molecule has 0 saturated carbocycles. The molecule has 2 aromatic carbocycles. The van der Waals surface area contributed by atoms with Gasteiger partial charge in [0.1, 0.15) is 23.4 Å². The molecule has 2 atom stereocenters. The number of aromatic nitrogens is 1. The lowest BCUT2D eigenvalue weighted by Gasteiger charge is -2.16. The average Bonchev–Trinajstić information content (AvgIpc) is 3.23. The number of carbonyl (C=O) groups excluding carboxylic acids is 1. The number of carbonyl (C=O) groups is 1. The van der Waals surface area contributed by atoms with E-state index in [1.54, 1.807) is 67.4 Å². The van der Waals surface area contributed by atoms with Gasteiger partial charge >= 0.3 is 0 Å². The first-order chi connectivity index (χ1) is 14.4. The summed E-state index contributed by atoms with van der Waals surface area (Å²) in [6, 6.07) is 12.1. The number of nitrogens with one attached hydrogen (secondary N) is 1. The van der Waals surface area contributed by atoms with Gasteiger partial charge in [-0.2, -0.15) is 0 Å². The molecule has 1 N–H and O–H groups in total. The lowest BCUT2D eigenvalue weighted by Crippen LogP contribution is -2.18. The van der Waals surface area contributed by atoms with E-state index in [0.717, 1.165) is 0 Å². The van der Waals surface area contributed by atoms with E-state index in [0.29, 0.717) is 39.4 Å². The Morgan fingerprint density at radius 2 is 1.90 bits per heavy atom. The number of thiazole rings is 1. The molecule has 1 heterocycles. The summed E-state index contributed by atoms with van der Waals surface area (Å²) >= 11 is 1.26. The SMILES string of the molecule is COC[C@H](C)Oc1cc(NC(=O)c2nccs2)cc(Oc2ccc(S(C)=O)cc2)c1. The number of nitrogens with zero attached hydrogens (tertiary/aromatic N) is 1. The van der Waals surface area contributed by atoms with E-state index < -0.39 is 10.8 Å². The van der Waals surface area contributed by atoms with Crippen molar-refractivity contribution in [2.24, 2.45) is 0 Å². The van der Waals surface area contributed by atoms with Crippen molar-refractivity contribution in [2.75, 3.05) is 25.3 Å². The Kier molecular flexibility index (Phi) is 7.56. The Hall–Kier alpha value is -2.75. The number of methoxy groups -OCH3 is 1. The summed E-state index contributed by atoms with van der Waals surface area (Å²) < 4.78 is 28.5. The summed E-state index contributed by atoms with van der Waals surface area (Å²) in [6.07, 6.45) is 3.01. The minimum Gasteiger partial charge on any atom is -0.488 e. The fraction of sp³-hybridized carbons (Fsp3) is 0.238. The van der Waals surface area contributed by atoms with Crippen LogP contribution in [0.3, 0.4) is 0 Å². The van der Waals surface area contributed by atoms with Crippen LogP contribution < -0.4 is 14.8 Å². The zero-order valence-corrected chi connectivity index (χ0v) is 18.4. The number of rotatable bonds is 9. The van der Waals surface area contributed by atoms with E-state index in [1.165, 1.54) is 11.3 Å². The molecule has 158 valence electrons. The molecule has 0 aliphatic carbocycles. The molecule has 30 heavy (non-hydrogen) atoms. The van der Waals surface area contributed by atoms with Crippen molar-refractivity contribution in [2.45, 2.75) is 17.9 Å². The third-order valence-electron chi connectivity index (χ3n) is 3.89. The maximum Gasteiger partial charge on any atom is 0.284 e. The molecule has 1 aromatic heterocycles. The first-order valence-electron chi connectivity index (χ1n) is 9.07. The normalized spacial score (nSPS) is 12.8. The lowest BCUT2D eigenvalue weighted by atomic mass is 10.2. The van der Waals surface area contributed by atoms with Crippen molar-refractivity contribution in [3.8, 4) is 17.2 Å². The number of benzene rings is 2. The van der Waals surface area contributed by atoms with Crippen molar-refractivity contribution in [1.29, 1.82) is 0 Å². The molecule has 9 heteroatoms. The molecule has 0 aliphatic heterocycles. The van der Waals surface area contributed by atoms with Crippen LogP contribution >= 0.6 is 11.3 Å². The van der Waals surface area contributed by atoms with Crippen molar-refractivity contribution < 1.29 is 23.2 Å². The van der Waals surface area contributed by atoms with Crippen LogP contribution in [0.15, 0.2) is 58.9 Å². The highest BCUT2D eigenvalue weighted by Crippen LogP contribution is 2.31. The van der Waals surface area contributed by atoms with Gasteiger partial charge in [0.05, 0.1) is 6.61 Å². The second kappa shape index (κ2) is 10.3. The first-order valence-corrected chi connectivity index (χ1v) is 11.5. The second-order valence-electron chi connectivity index (χ2n) is 6.40. The first kappa shape index (κ1) is 21.9. The molecule has 3 aromatic rings. The highest BCUT2D eigenvalue weighted by atomic mass is 32.2. The number of hydrogen-bond acceptors (Lipinski definition) is 7. The molecule has 0 spiro atoms. The van der Waals surface area contributed by atoms with E-state index in [2.05, 4.69) is 10.3 Å². The number of hydrogen-bond donors (Lipinski definition) is 1. The van der Waals surface area contributed by atoms with E-state index >= 15 is 0 Å². The van der Waals surface area contributed by atoms with Crippen LogP contribution in [0.25, 0.3) is 0 Å². The van der Waals surface area contributed by atoms with Crippen molar-refractivity contribution in [1.82, 2.24) is 4.98 Å². The van der Waals surface area contributed by atoms with Crippen molar-refractivity contribution in [3.05, 3.63) is 59.0 Å². The lowest BCUT2D eigenvalue weighted by molar-refractivity contribution is 0.0920. The molecule has 0 saturated heterocycles. The number of anilines is 1. The van der Waals surface area contributed by atoms with Gasteiger partial charge in [-0.25, -0.2) is 4.98 Å². The minimum absolute atomic E-state index is 0.188. The Labute approximate surface area is 181 Å². The Morgan fingerprint density at radius 3 is 2.53 bits per heavy atom. The van der Waals surface area contributed by atoms with Crippen LogP contribution in [-0.2, 0) is 15.5 Å². The third kappa shape index (κ3) is 6.12. The fourth-order valence-corrected chi connectivity index (χ4v) is 3.68. The largest absolute Gasteiger partial charge is 0.488 e. The van der Waals surface area contributed by atoms with E-state index in [4.69, 9.17) is 14.2 Å². The van der Waals surface area contributed by atoms with Crippen LogP contribution in [0.5, 0.6) is 17.2 Å². The summed E-state index contributed by atoms with van der Waals surface area (Å²) in [6.45, 7) is 2.30. The summed E-state index contributed by atoms with van der Waals surface area (Å²) in [7, 11) is 0.542. The van der Waals surface area contributed by atoms with E-state index in [-0.39, 0.29) is 12.0 Å².